The number of hydrogen-bond acceptors (Lipinski definition) is 3. The van der Waals surface area contributed by atoms with Gasteiger partial charge in [0.2, 0.25) is 0 Å². The monoisotopic (exact) mass is 248 g/mol. The topological polar surface area (TPSA) is 66.6 Å². The normalized spacial score (nSPS) is 24.7. The van der Waals surface area contributed by atoms with Crippen molar-refractivity contribution in [1.82, 2.24) is 4.90 Å². The van der Waals surface area contributed by atoms with Gasteiger partial charge >= 0.3 is 5.97 Å². The molecule has 4 nitrogen and oxygen atoms in total. The number of benzene rings is 1. The van der Waals surface area contributed by atoms with Crippen LogP contribution in [-0.4, -0.2) is 34.6 Å². The summed E-state index contributed by atoms with van der Waals surface area (Å²) in [5.41, 5.74) is 7.51. The van der Waals surface area contributed by atoms with Crippen LogP contribution in [-0.2, 0) is 0 Å². The molecule has 18 heavy (non-hydrogen) atoms. The predicted molar refractivity (Wildman–Crippen MR) is 70.6 cm³/mol. The van der Waals surface area contributed by atoms with E-state index in [1.165, 1.54) is 0 Å². The number of rotatable bonds is 3. The Balaban J connectivity index is 2.34. The lowest BCUT2D eigenvalue weighted by atomic mass is 9.98. The van der Waals surface area contributed by atoms with Crippen LogP contribution in [0.4, 0.5) is 0 Å². The van der Waals surface area contributed by atoms with Crippen molar-refractivity contribution in [2.24, 2.45) is 5.73 Å². The molecule has 0 amide bonds. The van der Waals surface area contributed by atoms with Crippen molar-refractivity contribution in [2.45, 2.75) is 38.4 Å². The lowest BCUT2D eigenvalue weighted by Gasteiger charge is -2.30. The zero-order valence-corrected chi connectivity index (χ0v) is 10.8. The third-order valence-corrected chi connectivity index (χ3v) is 3.62. The minimum absolute atomic E-state index is 0.0800. The van der Waals surface area contributed by atoms with E-state index in [2.05, 4.69) is 18.7 Å². The Hall–Kier alpha value is -1.39. The number of carboxylic acid groups (broad SMARTS) is 1. The minimum atomic E-state index is -0.889. The van der Waals surface area contributed by atoms with Crippen molar-refractivity contribution in [3.8, 4) is 0 Å². The highest BCUT2D eigenvalue weighted by molar-refractivity contribution is 5.87. The number of carboxylic acids is 1. The summed E-state index contributed by atoms with van der Waals surface area (Å²) in [5, 5.41) is 9.05. The summed E-state index contributed by atoms with van der Waals surface area (Å²) >= 11 is 0. The van der Waals surface area contributed by atoms with E-state index in [0.29, 0.717) is 11.6 Å². The predicted octanol–water partition coefficient (Wildman–Crippen LogP) is 1.87. The van der Waals surface area contributed by atoms with E-state index >= 15 is 0 Å². The zero-order chi connectivity index (χ0) is 13.3. The van der Waals surface area contributed by atoms with Gasteiger partial charge in [-0.05, 0) is 38.0 Å². The number of aromatic carboxylic acids is 1. The summed E-state index contributed by atoms with van der Waals surface area (Å²) in [6.45, 7) is 5.26. The molecular weight excluding hydrogens is 228 g/mol. The molecular formula is C14H20N2O2. The molecule has 0 spiro atoms. The molecule has 2 atom stereocenters. The van der Waals surface area contributed by atoms with Gasteiger partial charge in [0.25, 0.3) is 0 Å². The molecule has 0 unspecified atom stereocenters. The van der Waals surface area contributed by atoms with Gasteiger partial charge in [-0.3, -0.25) is 4.90 Å². The maximum atomic E-state index is 11.0. The first-order valence-electron chi connectivity index (χ1n) is 6.35. The van der Waals surface area contributed by atoms with Crippen LogP contribution in [0.1, 0.15) is 42.2 Å². The van der Waals surface area contributed by atoms with Crippen LogP contribution in [0.15, 0.2) is 24.3 Å². The van der Waals surface area contributed by atoms with Gasteiger partial charge in [-0.1, -0.05) is 12.1 Å². The van der Waals surface area contributed by atoms with Crippen LogP contribution in [0, 0.1) is 0 Å². The molecule has 1 aromatic rings. The van der Waals surface area contributed by atoms with Gasteiger partial charge in [0, 0.05) is 18.6 Å². The molecule has 1 aliphatic heterocycles. The maximum Gasteiger partial charge on any atom is 0.335 e. The molecule has 0 bridgehead atoms. The second-order valence-electron chi connectivity index (χ2n) is 5.16. The molecule has 0 radical (unpaired) electrons. The number of hydrogen-bond donors (Lipinski definition) is 2. The van der Waals surface area contributed by atoms with Crippen LogP contribution < -0.4 is 5.73 Å². The van der Waals surface area contributed by atoms with E-state index in [0.717, 1.165) is 18.5 Å². The third kappa shape index (κ3) is 2.40. The van der Waals surface area contributed by atoms with Gasteiger partial charge in [0.05, 0.1) is 11.6 Å². The molecule has 3 N–H and O–H groups in total. The number of likely N-dealkylation sites (tertiary alicyclic amines) is 1. The number of carbonyl (C=O) groups is 1. The highest BCUT2D eigenvalue weighted by Crippen LogP contribution is 2.33. The first-order chi connectivity index (χ1) is 8.50. The van der Waals surface area contributed by atoms with E-state index in [9.17, 15) is 4.79 Å². The lowest BCUT2D eigenvalue weighted by molar-refractivity contribution is 0.0696. The Bertz CT molecular complexity index is 445. The Labute approximate surface area is 107 Å². The SMILES string of the molecule is CC(C)N1CC[C@H](N)[C@H]1c1cccc(C(=O)O)c1. The van der Waals surface area contributed by atoms with Gasteiger partial charge in [-0.2, -0.15) is 0 Å². The summed E-state index contributed by atoms with van der Waals surface area (Å²) in [5.74, 6) is -0.889. The summed E-state index contributed by atoms with van der Waals surface area (Å²) in [6, 6.07) is 7.75. The molecule has 1 aliphatic rings. The fraction of sp³-hybridized carbons (Fsp3) is 0.500. The van der Waals surface area contributed by atoms with E-state index < -0.39 is 5.97 Å². The van der Waals surface area contributed by atoms with Gasteiger partial charge in [-0.25, -0.2) is 4.79 Å². The summed E-state index contributed by atoms with van der Waals surface area (Å²) in [7, 11) is 0. The third-order valence-electron chi connectivity index (χ3n) is 3.62. The van der Waals surface area contributed by atoms with Crippen LogP contribution in [0.2, 0.25) is 0 Å². The Morgan fingerprint density at radius 3 is 2.83 bits per heavy atom. The van der Waals surface area contributed by atoms with Crippen LogP contribution in [0.5, 0.6) is 0 Å². The molecule has 0 saturated carbocycles. The summed E-state index contributed by atoms with van der Waals surface area (Å²) < 4.78 is 0. The number of nitrogens with zero attached hydrogens (tertiary/aromatic N) is 1. The Morgan fingerprint density at radius 2 is 2.22 bits per heavy atom. The van der Waals surface area contributed by atoms with E-state index in [1.807, 2.05) is 6.07 Å². The van der Waals surface area contributed by atoms with Crippen molar-refractivity contribution >= 4 is 5.97 Å². The second kappa shape index (κ2) is 5.08. The smallest absolute Gasteiger partial charge is 0.335 e. The molecule has 1 saturated heterocycles. The standard InChI is InChI=1S/C14H20N2O2/c1-9(2)16-7-6-12(15)13(16)10-4-3-5-11(8-10)14(17)18/h3-5,8-9,12-13H,6-7,15H2,1-2H3,(H,17,18)/t12-,13+/m0/s1. The van der Waals surface area contributed by atoms with Crippen molar-refractivity contribution in [3.05, 3.63) is 35.4 Å². The minimum Gasteiger partial charge on any atom is -0.478 e. The van der Waals surface area contributed by atoms with E-state index in [4.69, 9.17) is 10.8 Å². The molecule has 1 aromatic carbocycles. The molecule has 1 fully saturated rings. The van der Waals surface area contributed by atoms with Gasteiger partial charge < -0.3 is 10.8 Å². The molecule has 4 heteroatoms. The number of nitrogens with two attached hydrogens (primary N) is 1. The van der Waals surface area contributed by atoms with Gasteiger partial charge in [-0.15, -0.1) is 0 Å². The summed E-state index contributed by atoms with van der Waals surface area (Å²) in [6.07, 6.45) is 0.958. The molecule has 0 aromatic heterocycles. The average Bonchev–Trinajstić information content (AvgIpc) is 2.71. The molecule has 2 rings (SSSR count). The Morgan fingerprint density at radius 1 is 1.50 bits per heavy atom. The largest absolute Gasteiger partial charge is 0.478 e. The van der Waals surface area contributed by atoms with Crippen LogP contribution >= 0.6 is 0 Å². The zero-order valence-electron chi connectivity index (χ0n) is 10.8. The van der Waals surface area contributed by atoms with Gasteiger partial charge in [0.15, 0.2) is 0 Å². The Kier molecular flexibility index (Phi) is 3.68. The van der Waals surface area contributed by atoms with E-state index in [-0.39, 0.29) is 12.1 Å². The fourth-order valence-corrected chi connectivity index (χ4v) is 2.71. The second-order valence-corrected chi connectivity index (χ2v) is 5.16. The quantitative estimate of drug-likeness (QED) is 0.857. The van der Waals surface area contributed by atoms with Crippen molar-refractivity contribution in [2.75, 3.05) is 6.54 Å². The lowest BCUT2D eigenvalue weighted by Crippen LogP contribution is -2.36. The maximum absolute atomic E-state index is 11.0. The highest BCUT2D eigenvalue weighted by atomic mass is 16.4. The highest BCUT2D eigenvalue weighted by Gasteiger charge is 2.34. The van der Waals surface area contributed by atoms with Crippen LogP contribution in [0.3, 0.4) is 0 Å². The van der Waals surface area contributed by atoms with Crippen molar-refractivity contribution in [3.63, 3.8) is 0 Å². The fourth-order valence-electron chi connectivity index (χ4n) is 2.71. The molecule has 0 aliphatic carbocycles. The molecule has 98 valence electrons. The van der Waals surface area contributed by atoms with Crippen LogP contribution in [0.25, 0.3) is 0 Å². The van der Waals surface area contributed by atoms with E-state index in [1.54, 1.807) is 18.2 Å². The van der Waals surface area contributed by atoms with Gasteiger partial charge in [0.1, 0.15) is 0 Å². The molecule has 1 heterocycles. The first kappa shape index (κ1) is 13.1. The average molecular weight is 248 g/mol. The summed E-state index contributed by atoms with van der Waals surface area (Å²) in [4.78, 5) is 13.4. The van der Waals surface area contributed by atoms with Crippen molar-refractivity contribution < 1.29 is 9.90 Å². The first-order valence-corrected chi connectivity index (χ1v) is 6.35. The van der Waals surface area contributed by atoms with Crippen molar-refractivity contribution in [1.29, 1.82) is 0 Å².